The van der Waals surface area contributed by atoms with Gasteiger partial charge in [-0.05, 0) is 11.6 Å². The minimum absolute atomic E-state index is 0.548. The van der Waals surface area contributed by atoms with Gasteiger partial charge in [0.25, 0.3) is 0 Å². The predicted molar refractivity (Wildman–Crippen MR) is 69.9 cm³/mol. The maximum atomic E-state index is 5.79. The molecule has 3 rings (SSSR count). The number of benzene rings is 1. The van der Waals surface area contributed by atoms with Crippen molar-refractivity contribution in [3.8, 4) is 0 Å². The van der Waals surface area contributed by atoms with E-state index in [0.29, 0.717) is 13.1 Å². The van der Waals surface area contributed by atoms with Crippen molar-refractivity contribution in [2.75, 3.05) is 0 Å². The van der Waals surface area contributed by atoms with Gasteiger partial charge in [-0.3, -0.25) is 4.68 Å². The Bertz CT molecular complexity index is 680. The van der Waals surface area contributed by atoms with Crippen molar-refractivity contribution in [3.05, 3.63) is 48.2 Å². The Labute approximate surface area is 105 Å². The SMILES string of the molecule is Cn1ncnc1Cn1cc(CN)c2ccccc21. The molecule has 5 heteroatoms. The fourth-order valence-electron chi connectivity index (χ4n) is 2.23. The molecule has 0 radical (unpaired) electrons. The summed E-state index contributed by atoms with van der Waals surface area (Å²) in [6, 6.07) is 8.28. The summed E-state index contributed by atoms with van der Waals surface area (Å²) >= 11 is 0. The topological polar surface area (TPSA) is 61.7 Å². The number of fused-ring (bicyclic) bond motifs is 1. The van der Waals surface area contributed by atoms with E-state index in [-0.39, 0.29) is 0 Å². The summed E-state index contributed by atoms with van der Waals surface area (Å²) in [5.41, 5.74) is 8.13. The van der Waals surface area contributed by atoms with Crippen LogP contribution in [0.3, 0.4) is 0 Å². The molecule has 0 aliphatic rings. The quantitative estimate of drug-likeness (QED) is 0.751. The van der Waals surface area contributed by atoms with Crippen molar-refractivity contribution < 1.29 is 0 Å². The highest BCUT2D eigenvalue weighted by atomic mass is 15.3. The van der Waals surface area contributed by atoms with Gasteiger partial charge < -0.3 is 10.3 Å². The van der Waals surface area contributed by atoms with E-state index in [9.17, 15) is 0 Å². The molecule has 18 heavy (non-hydrogen) atoms. The van der Waals surface area contributed by atoms with E-state index >= 15 is 0 Å². The summed E-state index contributed by atoms with van der Waals surface area (Å²) in [7, 11) is 1.90. The molecule has 0 saturated carbocycles. The lowest BCUT2D eigenvalue weighted by molar-refractivity contribution is 0.663. The molecule has 2 aromatic heterocycles. The van der Waals surface area contributed by atoms with Crippen LogP contribution in [0.1, 0.15) is 11.4 Å². The highest BCUT2D eigenvalue weighted by molar-refractivity contribution is 5.84. The molecule has 0 bridgehead atoms. The summed E-state index contributed by atoms with van der Waals surface area (Å²) < 4.78 is 3.96. The van der Waals surface area contributed by atoms with Crippen LogP contribution in [0, 0.1) is 0 Å². The van der Waals surface area contributed by atoms with E-state index < -0.39 is 0 Å². The molecular weight excluding hydrogens is 226 g/mol. The second-order valence-electron chi connectivity index (χ2n) is 4.30. The number of aryl methyl sites for hydroxylation is 1. The van der Waals surface area contributed by atoms with Crippen LogP contribution in [0.5, 0.6) is 0 Å². The number of para-hydroxylation sites is 1. The lowest BCUT2D eigenvalue weighted by Crippen LogP contribution is -2.06. The fraction of sp³-hybridized carbons (Fsp3) is 0.231. The third kappa shape index (κ3) is 1.69. The number of aromatic nitrogens is 4. The minimum Gasteiger partial charge on any atom is -0.340 e. The summed E-state index contributed by atoms with van der Waals surface area (Å²) in [6.07, 6.45) is 3.67. The molecule has 0 fully saturated rings. The molecule has 0 amide bonds. The first-order valence-corrected chi connectivity index (χ1v) is 5.89. The smallest absolute Gasteiger partial charge is 0.146 e. The zero-order chi connectivity index (χ0) is 12.5. The summed E-state index contributed by atoms with van der Waals surface area (Å²) in [6.45, 7) is 1.25. The molecule has 2 N–H and O–H groups in total. The maximum Gasteiger partial charge on any atom is 0.146 e. The van der Waals surface area contributed by atoms with Crippen LogP contribution in [0.15, 0.2) is 36.8 Å². The Balaban J connectivity index is 2.09. The third-order valence-electron chi connectivity index (χ3n) is 3.21. The molecule has 0 aliphatic heterocycles. The van der Waals surface area contributed by atoms with Crippen molar-refractivity contribution in [2.24, 2.45) is 12.8 Å². The summed E-state index contributed by atoms with van der Waals surface area (Å²) in [5, 5.41) is 5.30. The first-order valence-electron chi connectivity index (χ1n) is 5.89. The Morgan fingerprint density at radius 1 is 1.28 bits per heavy atom. The van der Waals surface area contributed by atoms with Crippen LogP contribution < -0.4 is 5.73 Å². The normalized spacial score (nSPS) is 11.2. The Morgan fingerprint density at radius 3 is 2.83 bits per heavy atom. The molecular formula is C13H15N5. The zero-order valence-corrected chi connectivity index (χ0v) is 10.2. The van der Waals surface area contributed by atoms with E-state index in [0.717, 1.165) is 11.4 Å². The van der Waals surface area contributed by atoms with Gasteiger partial charge in [0, 0.05) is 30.7 Å². The third-order valence-corrected chi connectivity index (χ3v) is 3.21. The van der Waals surface area contributed by atoms with Crippen LogP contribution >= 0.6 is 0 Å². The lowest BCUT2D eigenvalue weighted by atomic mass is 10.2. The van der Waals surface area contributed by atoms with E-state index in [1.807, 2.05) is 19.2 Å². The van der Waals surface area contributed by atoms with E-state index in [1.54, 1.807) is 11.0 Å². The molecule has 0 saturated heterocycles. The van der Waals surface area contributed by atoms with Crippen molar-refractivity contribution in [3.63, 3.8) is 0 Å². The molecule has 0 aliphatic carbocycles. The van der Waals surface area contributed by atoms with Gasteiger partial charge >= 0.3 is 0 Å². The van der Waals surface area contributed by atoms with Gasteiger partial charge in [0.05, 0.1) is 6.54 Å². The molecule has 92 valence electrons. The van der Waals surface area contributed by atoms with E-state index in [4.69, 9.17) is 5.73 Å². The van der Waals surface area contributed by atoms with Crippen molar-refractivity contribution in [1.29, 1.82) is 0 Å². The molecule has 3 aromatic rings. The van der Waals surface area contributed by atoms with Gasteiger partial charge in [-0.2, -0.15) is 5.10 Å². The first-order chi connectivity index (χ1) is 8.79. The minimum atomic E-state index is 0.548. The largest absolute Gasteiger partial charge is 0.340 e. The average Bonchev–Trinajstić information content (AvgIpc) is 2.95. The zero-order valence-electron chi connectivity index (χ0n) is 10.2. The lowest BCUT2D eigenvalue weighted by Gasteiger charge is -2.04. The predicted octanol–water partition coefficient (Wildman–Crippen LogP) is 1.28. The second kappa shape index (κ2) is 4.27. The molecule has 1 aromatic carbocycles. The standard InChI is InChI=1S/C13H15N5/c1-17-13(15-9-16-17)8-18-7-10(6-14)11-4-2-3-5-12(11)18/h2-5,7,9H,6,8,14H2,1H3. The highest BCUT2D eigenvalue weighted by Crippen LogP contribution is 2.21. The monoisotopic (exact) mass is 241 g/mol. The summed E-state index contributed by atoms with van der Waals surface area (Å²) in [5.74, 6) is 0.930. The van der Waals surface area contributed by atoms with Crippen LogP contribution in [0.2, 0.25) is 0 Å². The second-order valence-corrected chi connectivity index (χ2v) is 4.30. The van der Waals surface area contributed by atoms with Gasteiger partial charge in [0.15, 0.2) is 0 Å². The molecule has 0 atom stereocenters. The Hall–Kier alpha value is -2.14. The van der Waals surface area contributed by atoms with Crippen LogP contribution in [-0.2, 0) is 20.1 Å². The Morgan fingerprint density at radius 2 is 2.11 bits per heavy atom. The molecule has 0 unspecified atom stereocenters. The van der Waals surface area contributed by atoms with Gasteiger partial charge in [0.2, 0.25) is 0 Å². The number of nitrogens with zero attached hydrogens (tertiary/aromatic N) is 4. The fourth-order valence-corrected chi connectivity index (χ4v) is 2.23. The maximum absolute atomic E-state index is 5.79. The molecule has 0 spiro atoms. The molecule has 5 nitrogen and oxygen atoms in total. The van der Waals surface area contributed by atoms with Crippen molar-refractivity contribution in [2.45, 2.75) is 13.1 Å². The van der Waals surface area contributed by atoms with E-state index in [1.165, 1.54) is 10.9 Å². The van der Waals surface area contributed by atoms with Crippen LogP contribution in [-0.4, -0.2) is 19.3 Å². The van der Waals surface area contributed by atoms with Gasteiger partial charge in [0.1, 0.15) is 12.2 Å². The summed E-state index contributed by atoms with van der Waals surface area (Å²) in [4.78, 5) is 4.25. The number of nitrogens with two attached hydrogens (primary N) is 1. The van der Waals surface area contributed by atoms with Gasteiger partial charge in [-0.25, -0.2) is 4.98 Å². The molecule has 2 heterocycles. The van der Waals surface area contributed by atoms with Gasteiger partial charge in [-0.15, -0.1) is 0 Å². The van der Waals surface area contributed by atoms with Crippen LogP contribution in [0.4, 0.5) is 0 Å². The highest BCUT2D eigenvalue weighted by Gasteiger charge is 2.09. The first kappa shape index (κ1) is 11.0. The Kier molecular flexibility index (Phi) is 2.60. The number of hydrogen-bond acceptors (Lipinski definition) is 3. The average molecular weight is 241 g/mol. The van der Waals surface area contributed by atoms with Gasteiger partial charge in [-0.1, -0.05) is 18.2 Å². The number of hydrogen-bond donors (Lipinski definition) is 1. The number of rotatable bonds is 3. The van der Waals surface area contributed by atoms with Crippen molar-refractivity contribution in [1.82, 2.24) is 19.3 Å². The van der Waals surface area contributed by atoms with E-state index in [2.05, 4.69) is 33.0 Å². The van der Waals surface area contributed by atoms with Crippen LogP contribution in [0.25, 0.3) is 10.9 Å². The van der Waals surface area contributed by atoms with Crippen molar-refractivity contribution >= 4 is 10.9 Å².